The lowest BCUT2D eigenvalue weighted by molar-refractivity contribution is -0.142. The average molecular weight is 455 g/mol. The van der Waals surface area contributed by atoms with E-state index in [0.717, 1.165) is 49.4 Å². The van der Waals surface area contributed by atoms with Gasteiger partial charge in [0, 0.05) is 12.8 Å². The van der Waals surface area contributed by atoms with Gasteiger partial charge in [-0.15, -0.1) is 0 Å². The molecule has 5 rings (SSSR count). The third-order valence-corrected chi connectivity index (χ3v) is 12.6. The minimum absolute atomic E-state index is 0.0683. The minimum atomic E-state index is 0.0683. The monoisotopic (exact) mass is 454 g/mol. The Morgan fingerprint density at radius 2 is 1.85 bits per heavy atom. The van der Waals surface area contributed by atoms with Crippen LogP contribution in [0.5, 0.6) is 0 Å². The van der Waals surface area contributed by atoms with E-state index in [1.807, 2.05) is 5.57 Å². The van der Waals surface area contributed by atoms with Crippen molar-refractivity contribution in [2.75, 3.05) is 0 Å². The van der Waals surface area contributed by atoms with E-state index in [4.69, 9.17) is 4.74 Å². The van der Waals surface area contributed by atoms with Gasteiger partial charge in [0.05, 0.1) is 11.7 Å². The number of fused-ring (bicyclic) bond motifs is 5. The van der Waals surface area contributed by atoms with Crippen molar-refractivity contribution in [3.05, 3.63) is 11.1 Å². The van der Waals surface area contributed by atoms with E-state index in [-0.39, 0.29) is 11.0 Å². The molecular formula is C31H50O2. The predicted molar refractivity (Wildman–Crippen MR) is 136 cm³/mol. The Kier molecular flexibility index (Phi) is 5.99. The van der Waals surface area contributed by atoms with Gasteiger partial charge in [0.25, 0.3) is 0 Å². The van der Waals surface area contributed by atoms with Crippen molar-refractivity contribution in [3.8, 4) is 0 Å². The van der Waals surface area contributed by atoms with Crippen molar-refractivity contribution in [3.63, 3.8) is 0 Å². The number of ether oxygens (including phenoxy) is 1. The van der Waals surface area contributed by atoms with E-state index in [2.05, 4.69) is 48.5 Å². The molecule has 0 aromatic rings. The van der Waals surface area contributed by atoms with Crippen molar-refractivity contribution in [1.29, 1.82) is 0 Å². The van der Waals surface area contributed by atoms with Gasteiger partial charge in [-0.25, -0.2) is 0 Å². The summed E-state index contributed by atoms with van der Waals surface area (Å²) < 4.78 is 7.10. The zero-order chi connectivity index (χ0) is 23.8. The van der Waals surface area contributed by atoms with E-state index in [0.29, 0.717) is 29.1 Å². The number of carbonyl (C=O) groups is 1. The zero-order valence-corrected chi connectivity index (χ0v) is 22.6. The van der Waals surface area contributed by atoms with Crippen LogP contribution < -0.4 is 0 Å². The molecule has 0 bridgehead atoms. The molecule has 0 aromatic heterocycles. The van der Waals surface area contributed by atoms with Crippen LogP contribution in [-0.2, 0) is 9.53 Å². The third kappa shape index (κ3) is 3.54. The Bertz CT molecular complexity index is 827. The molecule has 33 heavy (non-hydrogen) atoms. The Labute approximate surface area is 203 Å². The highest BCUT2D eigenvalue weighted by molar-refractivity contribution is 5.80. The Morgan fingerprint density at radius 3 is 2.58 bits per heavy atom. The maximum absolute atomic E-state index is 12.4. The lowest BCUT2D eigenvalue weighted by Gasteiger charge is -2.58. The number of hydrogen-bond donors (Lipinski definition) is 0. The maximum Gasteiger partial charge on any atom is 0.133 e. The molecule has 0 unspecified atom stereocenters. The highest BCUT2D eigenvalue weighted by atomic mass is 16.5. The maximum atomic E-state index is 12.4. The van der Waals surface area contributed by atoms with Crippen LogP contribution >= 0.6 is 0 Å². The summed E-state index contributed by atoms with van der Waals surface area (Å²) in [6, 6.07) is 0. The Balaban J connectivity index is 1.41. The first-order valence-corrected chi connectivity index (χ1v) is 14.4. The summed E-state index contributed by atoms with van der Waals surface area (Å²) in [5.41, 5.74) is 4.13. The largest absolute Gasteiger partial charge is 0.371 e. The zero-order valence-electron chi connectivity index (χ0n) is 22.6. The second-order valence-corrected chi connectivity index (χ2v) is 14.0. The van der Waals surface area contributed by atoms with Gasteiger partial charge in [-0.05, 0) is 105 Å². The molecule has 2 heteroatoms. The number of ketones is 1. The van der Waals surface area contributed by atoms with Crippen LogP contribution in [0.4, 0.5) is 0 Å². The van der Waals surface area contributed by atoms with E-state index in [1.54, 1.807) is 5.57 Å². The molecule has 10 atom stereocenters. The summed E-state index contributed by atoms with van der Waals surface area (Å²) in [7, 11) is 0. The smallest absolute Gasteiger partial charge is 0.133 e. The summed E-state index contributed by atoms with van der Waals surface area (Å²) >= 11 is 0. The highest BCUT2D eigenvalue weighted by Crippen LogP contribution is 2.69. The van der Waals surface area contributed by atoms with Crippen LogP contribution in [0.2, 0.25) is 0 Å². The first kappa shape index (κ1) is 24.1. The number of Topliss-reactive ketones (excluding diaryl/α,β-unsaturated/α-hetero) is 1. The molecule has 4 fully saturated rings. The molecule has 186 valence electrons. The van der Waals surface area contributed by atoms with Crippen LogP contribution in [0, 0.1) is 46.3 Å². The van der Waals surface area contributed by atoms with Gasteiger partial charge in [-0.1, -0.05) is 59.1 Å². The van der Waals surface area contributed by atoms with Crippen LogP contribution in [-0.4, -0.2) is 17.5 Å². The average Bonchev–Trinajstić information content (AvgIpc) is 3.20. The molecule has 0 amide bonds. The van der Waals surface area contributed by atoms with E-state index in [9.17, 15) is 4.79 Å². The molecule has 2 nitrogen and oxygen atoms in total. The van der Waals surface area contributed by atoms with Gasteiger partial charge in [0.1, 0.15) is 5.78 Å². The summed E-state index contributed by atoms with van der Waals surface area (Å²) in [5.74, 6) is 4.97. The van der Waals surface area contributed by atoms with Crippen LogP contribution in [0.15, 0.2) is 11.1 Å². The minimum Gasteiger partial charge on any atom is -0.371 e. The topological polar surface area (TPSA) is 26.3 Å². The molecular weight excluding hydrogens is 404 g/mol. The second kappa shape index (κ2) is 8.21. The molecule has 0 aromatic carbocycles. The Hall–Kier alpha value is -0.630. The molecule has 1 saturated heterocycles. The van der Waals surface area contributed by atoms with Gasteiger partial charge in [-0.2, -0.15) is 0 Å². The Morgan fingerprint density at radius 1 is 1.09 bits per heavy atom. The van der Waals surface area contributed by atoms with Crippen molar-refractivity contribution < 1.29 is 9.53 Å². The van der Waals surface area contributed by atoms with Gasteiger partial charge in [0.15, 0.2) is 0 Å². The molecule has 1 spiro atoms. The fraction of sp³-hybridized carbons (Fsp3) is 0.903. The van der Waals surface area contributed by atoms with Gasteiger partial charge < -0.3 is 4.74 Å². The first-order valence-electron chi connectivity index (χ1n) is 14.4. The molecule has 3 saturated carbocycles. The summed E-state index contributed by atoms with van der Waals surface area (Å²) in [4.78, 5) is 12.4. The number of carbonyl (C=O) groups excluding carboxylic acids is 1. The SMILES string of the molecule is CC[C@@H](C)C[C@H]1O[C@]2(CC[C@@H]3C(=C(C)C2)C[C@H]2[C@H]3CC[C@]3(C)CC(=O)CC[C@]23C)[C@H](C)[C@@H]1C. The van der Waals surface area contributed by atoms with Gasteiger partial charge in [0.2, 0.25) is 0 Å². The third-order valence-electron chi connectivity index (χ3n) is 12.6. The number of hydrogen-bond acceptors (Lipinski definition) is 2. The molecule has 0 N–H and O–H groups in total. The van der Waals surface area contributed by atoms with E-state index in [1.165, 1.54) is 44.9 Å². The number of rotatable bonds is 3. The van der Waals surface area contributed by atoms with Crippen LogP contribution in [0.3, 0.4) is 0 Å². The molecule has 0 radical (unpaired) electrons. The summed E-state index contributed by atoms with van der Waals surface area (Å²) in [5, 5.41) is 0. The predicted octanol–water partition coefficient (Wildman–Crippen LogP) is 8.14. The van der Waals surface area contributed by atoms with Crippen molar-refractivity contribution >= 4 is 5.78 Å². The summed E-state index contributed by atoms with van der Waals surface area (Å²) in [6.07, 6.45) is 13.3. The van der Waals surface area contributed by atoms with E-state index >= 15 is 0 Å². The lowest BCUT2D eigenvalue weighted by Crippen LogP contribution is -2.52. The van der Waals surface area contributed by atoms with Crippen molar-refractivity contribution in [2.45, 2.75) is 131 Å². The normalized spacial score (nSPS) is 50.7. The fourth-order valence-corrected chi connectivity index (χ4v) is 9.66. The van der Waals surface area contributed by atoms with Crippen molar-refractivity contribution in [1.82, 2.24) is 0 Å². The first-order chi connectivity index (χ1) is 15.5. The molecule has 1 aliphatic heterocycles. The second-order valence-electron chi connectivity index (χ2n) is 14.0. The van der Waals surface area contributed by atoms with Gasteiger partial charge >= 0.3 is 0 Å². The highest BCUT2D eigenvalue weighted by Gasteiger charge is 2.62. The lowest BCUT2D eigenvalue weighted by atomic mass is 9.45. The van der Waals surface area contributed by atoms with E-state index < -0.39 is 0 Å². The molecule has 4 aliphatic carbocycles. The summed E-state index contributed by atoms with van der Waals surface area (Å²) in [6.45, 7) is 17.2. The number of allylic oxidation sites excluding steroid dienone is 1. The molecule has 5 aliphatic rings. The van der Waals surface area contributed by atoms with Gasteiger partial charge in [-0.3, -0.25) is 4.79 Å². The molecule has 1 heterocycles. The quantitative estimate of drug-likeness (QED) is 0.402. The van der Waals surface area contributed by atoms with Crippen molar-refractivity contribution in [2.24, 2.45) is 46.3 Å². The standard InChI is InChI=1S/C31H50O2/c1-8-19(2)15-28-21(4)22(5)31(33-28)14-11-24-25-10-12-29(6)18-23(32)9-13-30(29,7)27(25)16-26(24)20(3)17-31/h19,21-22,24-25,27-28H,8-18H2,1-7H3/t19-,21+,22-,24+,25+,27+,28-,29-,30-,31+/m1/s1. The van der Waals surface area contributed by atoms with Crippen LogP contribution in [0.1, 0.15) is 119 Å². The fourth-order valence-electron chi connectivity index (χ4n) is 9.66. The van der Waals surface area contributed by atoms with Crippen LogP contribution in [0.25, 0.3) is 0 Å².